The lowest BCUT2D eigenvalue weighted by Gasteiger charge is -2.51. The second-order valence-electron chi connectivity index (χ2n) is 10.8. The molecule has 0 amide bonds. The van der Waals surface area contributed by atoms with Crippen molar-refractivity contribution in [3.8, 4) is 5.75 Å². The number of carbonyl (C=O) groups is 1. The number of rotatable bonds is 6. The zero-order valence-electron chi connectivity index (χ0n) is 20.2. The van der Waals surface area contributed by atoms with Crippen molar-refractivity contribution in [2.45, 2.75) is 84.2 Å². The van der Waals surface area contributed by atoms with Crippen LogP contribution in [-0.2, 0) is 11.0 Å². The number of aliphatic carboxylic acids is 1. The Morgan fingerprint density at radius 2 is 1.79 bits per heavy atom. The average Bonchev–Trinajstić information content (AvgIpc) is 2.76. The van der Waals surface area contributed by atoms with Gasteiger partial charge in [0.1, 0.15) is 11.3 Å². The quantitative estimate of drug-likeness (QED) is 0.472. The SMILES string of the molecule is CC1CCC(Oc2ccc3ccc([C@@H](C)N[C@H]4C[C@@H](C(=O)O)C4(C)C)cc3c2C(F)(F)F)CC1. The van der Waals surface area contributed by atoms with Crippen LogP contribution in [0.1, 0.15) is 77.0 Å². The summed E-state index contributed by atoms with van der Waals surface area (Å²) in [6.07, 6.45) is -0.761. The summed E-state index contributed by atoms with van der Waals surface area (Å²) >= 11 is 0. The maximum absolute atomic E-state index is 14.3. The first kappa shape index (κ1) is 24.8. The van der Waals surface area contributed by atoms with E-state index in [1.807, 2.05) is 26.8 Å². The minimum absolute atomic E-state index is 0.0234. The lowest BCUT2D eigenvalue weighted by Crippen LogP contribution is -2.59. The number of benzene rings is 2. The number of hydrogen-bond acceptors (Lipinski definition) is 3. The van der Waals surface area contributed by atoms with Crippen LogP contribution in [0.5, 0.6) is 5.75 Å². The first-order chi connectivity index (χ1) is 15.9. The zero-order valence-corrected chi connectivity index (χ0v) is 20.2. The van der Waals surface area contributed by atoms with E-state index >= 15 is 0 Å². The molecule has 0 bridgehead atoms. The summed E-state index contributed by atoms with van der Waals surface area (Å²) in [5.41, 5.74) is -0.407. The highest BCUT2D eigenvalue weighted by Crippen LogP contribution is 2.47. The molecule has 0 aromatic heterocycles. The van der Waals surface area contributed by atoms with Gasteiger partial charge in [-0.2, -0.15) is 13.2 Å². The summed E-state index contributed by atoms with van der Waals surface area (Å²) in [6.45, 7) is 7.90. The third kappa shape index (κ3) is 4.77. The van der Waals surface area contributed by atoms with E-state index in [1.165, 1.54) is 6.07 Å². The van der Waals surface area contributed by atoms with Crippen LogP contribution in [0.25, 0.3) is 10.8 Å². The molecule has 2 saturated carbocycles. The maximum atomic E-state index is 14.3. The lowest BCUT2D eigenvalue weighted by molar-refractivity contribution is -0.155. The molecule has 0 saturated heterocycles. The highest BCUT2D eigenvalue weighted by molar-refractivity contribution is 5.89. The maximum Gasteiger partial charge on any atom is 0.420 e. The van der Waals surface area contributed by atoms with Gasteiger partial charge in [0.15, 0.2) is 0 Å². The van der Waals surface area contributed by atoms with Gasteiger partial charge in [-0.05, 0) is 78.8 Å². The molecular weight excluding hydrogens is 443 g/mol. The van der Waals surface area contributed by atoms with E-state index in [1.54, 1.807) is 18.2 Å². The molecule has 0 spiro atoms. The highest BCUT2D eigenvalue weighted by atomic mass is 19.4. The van der Waals surface area contributed by atoms with Crippen molar-refractivity contribution < 1.29 is 27.8 Å². The number of carboxylic acid groups (broad SMARTS) is 1. The van der Waals surface area contributed by atoms with Gasteiger partial charge in [-0.3, -0.25) is 4.79 Å². The van der Waals surface area contributed by atoms with E-state index in [0.717, 1.165) is 31.2 Å². The summed E-state index contributed by atoms with van der Waals surface area (Å²) in [4.78, 5) is 11.4. The normalized spacial score (nSPS) is 27.7. The zero-order chi connectivity index (χ0) is 24.8. The first-order valence-corrected chi connectivity index (χ1v) is 12.2. The second-order valence-corrected chi connectivity index (χ2v) is 10.8. The molecule has 4 nitrogen and oxygen atoms in total. The summed E-state index contributed by atoms with van der Waals surface area (Å²) < 4.78 is 48.7. The molecule has 0 aliphatic heterocycles. The van der Waals surface area contributed by atoms with Crippen molar-refractivity contribution in [1.82, 2.24) is 5.32 Å². The van der Waals surface area contributed by atoms with Gasteiger partial charge in [0, 0.05) is 12.1 Å². The Kier molecular flexibility index (Phi) is 6.62. The summed E-state index contributed by atoms with van der Waals surface area (Å²) in [7, 11) is 0. The van der Waals surface area contributed by atoms with Crippen LogP contribution < -0.4 is 10.1 Å². The number of fused-ring (bicyclic) bond motifs is 1. The summed E-state index contributed by atoms with van der Waals surface area (Å²) in [5, 5.41) is 13.5. The molecule has 2 aromatic carbocycles. The molecule has 2 aliphatic rings. The molecule has 2 N–H and O–H groups in total. The van der Waals surface area contributed by atoms with Crippen LogP contribution in [0.2, 0.25) is 0 Å². The average molecular weight is 478 g/mol. The summed E-state index contributed by atoms with van der Waals surface area (Å²) in [6, 6.07) is 8.05. The van der Waals surface area contributed by atoms with Crippen molar-refractivity contribution in [2.24, 2.45) is 17.3 Å². The van der Waals surface area contributed by atoms with Gasteiger partial charge in [0.25, 0.3) is 0 Å². The molecule has 7 heteroatoms. The predicted octanol–water partition coefficient (Wildman–Crippen LogP) is 6.97. The molecular formula is C27H34F3NO3. The lowest BCUT2D eigenvalue weighted by atomic mass is 9.58. The molecule has 4 rings (SSSR count). The fourth-order valence-electron chi connectivity index (χ4n) is 5.53. The van der Waals surface area contributed by atoms with Crippen LogP contribution >= 0.6 is 0 Å². The Balaban J connectivity index is 1.62. The molecule has 2 aliphatic carbocycles. The predicted molar refractivity (Wildman–Crippen MR) is 126 cm³/mol. The van der Waals surface area contributed by atoms with Crippen LogP contribution in [0, 0.1) is 17.3 Å². The molecule has 2 fully saturated rings. The van der Waals surface area contributed by atoms with Gasteiger partial charge < -0.3 is 15.2 Å². The van der Waals surface area contributed by atoms with Gasteiger partial charge in [-0.1, -0.05) is 39.0 Å². The number of carboxylic acids is 1. The van der Waals surface area contributed by atoms with Crippen molar-refractivity contribution in [3.05, 3.63) is 41.5 Å². The van der Waals surface area contributed by atoms with Gasteiger partial charge in [-0.15, -0.1) is 0 Å². The third-order valence-corrected chi connectivity index (χ3v) is 8.06. The fourth-order valence-corrected chi connectivity index (χ4v) is 5.53. The van der Waals surface area contributed by atoms with E-state index in [0.29, 0.717) is 17.7 Å². The number of nitrogens with one attached hydrogen (secondary N) is 1. The molecule has 186 valence electrons. The van der Waals surface area contributed by atoms with E-state index in [4.69, 9.17) is 4.74 Å². The van der Waals surface area contributed by atoms with Gasteiger partial charge >= 0.3 is 12.1 Å². The molecule has 34 heavy (non-hydrogen) atoms. The Bertz CT molecular complexity index is 1060. The Morgan fingerprint density at radius 3 is 2.38 bits per heavy atom. The molecule has 2 aromatic rings. The van der Waals surface area contributed by atoms with Crippen molar-refractivity contribution in [3.63, 3.8) is 0 Å². The monoisotopic (exact) mass is 477 g/mol. The third-order valence-electron chi connectivity index (χ3n) is 8.06. The molecule has 3 atom stereocenters. The molecule has 0 radical (unpaired) electrons. The number of alkyl halides is 3. The van der Waals surface area contributed by atoms with Gasteiger partial charge in [0.05, 0.1) is 12.0 Å². The van der Waals surface area contributed by atoms with E-state index < -0.39 is 29.0 Å². The minimum atomic E-state index is -4.54. The van der Waals surface area contributed by atoms with Crippen molar-refractivity contribution in [1.29, 1.82) is 0 Å². The standard InChI is InChI=1S/C27H34F3NO3/c1-15-5-10-19(11-6-15)34-22-12-9-17-7-8-18(13-20(17)24(22)27(28,29)30)16(2)31-23-14-21(25(32)33)26(23,3)4/h7-9,12-13,15-16,19,21,23,31H,5-6,10-11,14H2,1-4H3,(H,32,33)/t15?,16-,19?,21+,23+/m1/s1. The summed E-state index contributed by atoms with van der Waals surface area (Å²) in [5.74, 6) is -0.743. The topological polar surface area (TPSA) is 58.6 Å². The van der Waals surface area contributed by atoms with Crippen LogP contribution in [-0.4, -0.2) is 23.2 Å². The fraction of sp³-hybridized carbons (Fsp3) is 0.593. The van der Waals surface area contributed by atoms with Gasteiger partial charge in [-0.25, -0.2) is 0 Å². The second kappa shape index (κ2) is 9.06. The Labute approximate surface area is 198 Å². The largest absolute Gasteiger partial charge is 0.490 e. The van der Waals surface area contributed by atoms with E-state index in [9.17, 15) is 23.1 Å². The van der Waals surface area contributed by atoms with Crippen molar-refractivity contribution >= 4 is 16.7 Å². The van der Waals surface area contributed by atoms with Crippen molar-refractivity contribution in [2.75, 3.05) is 0 Å². The number of halogens is 3. The first-order valence-electron chi connectivity index (χ1n) is 12.2. The Hall–Kier alpha value is -2.28. The Morgan fingerprint density at radius 1 is 1.15 bits per heavy atom. The van der Waals surface area contributed by atoms with E-state index in [-0.39, 0.29) is 29.3 Å². The van der Waals surface area contributed by atoms with Crippen LogP contribution in [0.15, 0.2) is 30.3 Å². The van der Waals surface area contributed by atoms with E-state index in [2.05, 4.69) is 12.2 Å². The molecule has 0 unspecified atom stereocenters. The van der Waals surface area contributed by atoms with Crippen LogP contribution in [0.3, 0.4) is 0 Å². The highest BCUT2D eigenvalue weighted by Gasteiger charge is 2.52. The van der Waals surface area contributed by atoms with Gasteiger partial charge in [0.2, 0.25) is 0 Å². The minimum Gasteiger partial charge on any atom is -0.490 e. The van der Waals surface area contributed by atoms with Crippen LogP contribution in [0.4, 0.5) is 13.2 Å². The molecule has 0 heterocycles. The number of ether oxygens (including phenoxy) is 1. The smallest absolute Gasteiger partial charge is 0.420 e. The number of hydrogen-bond donors (Lipinski definition) is 2.